The molecule has 0 spiro atoms. The topological polar surface area (TPSA) is 92.6 Å². The average Bonchev–Trinajstić information content (AvgIpc) is 2.53. The van der Waals surface area contributed by atoms with Crippen molar-refractivity contribution < 1.29 is 9.90 Å². The van der Waals surface area contributed by atoms with Crippen molar-refractivity contribution in [1.82, 2.24) is 4.90 Å². The van der Waals surface area contributed by atoms with Gasteiger partial charge >= 0.3 is 5.97 Å². The lowest BCUT2D eigenvalue weighted by molar-refractivity contribution is -0.143. The number of unbranched alkanes of at least 4 members (excludes halogenated alkanes) is 9. The van der Waals surface area contributed by atoms with Crippen molar-refractivity contribution in [3.63, 3.8) is 0 Å². The Morgan fingerprint density at radius 1 is 0.870 bits per heavy atom. The van der Waals surface area contributed by atoms with Gasteiger partial charge in [-0.15, -0.1) is 0 Å². The average molecular weight is 330 g/mol. The number of nitrogens with zero attached hydrogens (tertiary/aromatic N) is 1. The molecule has 0 radical (unpaired) electrons. The zero-order valence-corrected chi connectivity index (χ0v) is 15.1. The van der Waals surface area contributed by atoms with Gasteiger partial charge in [0.15, 0.2) is 0 Å². The molecule has 0 aromatic rings. The van der Waals surface area contributed by atoms with Gasteiger partial charge in [0.25, 0.3) is 0 Å². The van der Waals surface area contributed by atoms with Crippen molar-refractivity contribution in [2.45, 2.75) is 83.6 Å². The molecule has 0 amide bonds. The van der Waals surface area contributed by atoms with Crippen LogP contribution in [0.1, 0.15) is 77.6 Å². The highest BCUT2D eigenvalue weighted by atomic mass is 16.4. The molecule has 0 unspecified atom stereocenters. The standard InChI is InChI=1S/C18H39N3O2/c1-2-3-4-5-6-7-8-9-10-11-15-21(16-14-20)17(12-13-19)18(22)23/h17H,2-16,19-20H2,1H3,(H,22,23)/t17-/m0/s1. The molecular formula is C18H39N3O2. The number of nitrogens with two attached hydrogens (primary N) is 2. The van der Waals surface area contributed by atoms with Gasteiger partial charge in [-0.1, -0.05) is 64.7 Å². The van der Waals surface area contributed by atoms with E-state index < -0.39 is 12.0 Å². The van der Waals surface area contributed by atoms with Crippen LogP contribution in [0.25, 0.3) is 0 Å². The van der Waals surface area contributed by atoms with Gasteiger partial charge in [0, 0.05) is 13.1 Å². The van der Waals surface area contributed by atoms with Crippen molar-refractivity contribution in [3.05, 3.63) is 0 Å². The molecule has 0 saturated carbocycles. The quantitative estimate of drug-likeness (QED) is 0.357. The fraction of sp³-hybridized carbons (Fsp3) is 0.944. The first-order valence-electron chi connectivity index (χ1n) is 9.54. The molecule has 0 aliphatic carbocycles. The Labute approximate surface area is 142 Å². The third kappa shape index (κ3) is 12.4. The highest BCUT2D eigenvalue weighted by Crippen LogP contribution is 2.12. The van der Waals surface area contributed by atoms with Gasteiger partial charge in [-0.2, -0.15) is 0 Å². The van der Waals surface area contributed by atoms with Gasteiger partial charge < -0.3 is 16.6 Å². The van der Waals surface area contributed by atoms with E-state index in [0.29, 0.717) is 26.1 Å². The molecule has 0 fully saturated rings. The van der Waals surface area contributed by atoms with Gasteiger partial charge in [0.2, 0.25) is 0 Å². The van der Waals surface area contributed by atoms with E-state index in [1.165, 1.54) is 57.8 Å². The summed E-state index contributed by atoms with van der Waals surface area (Å²) in [5, 5.41) is 9.32. The van der Waals surface area contributed by atoms with E-state index in [9.17, 15) is 9.90 Å². The summed E-state index contributed by atoms with van der Waals surface area (Å²) in [7, 11) is 0. The minimum atomic E-state index is -0.782. The van der Waals surface area contributed by atoms with Crippen LogP contribution in [0.2, 0.25) is 0 Å². The Balaban J connectivity index is 3.77. The van der Waals surface area contributed by atoms with Crippen LogP contribution in [0, 0.1) is 0 Å². The zero-order valence-electron chi connectivity index (χ0n) is 15.1. The minimum Gasteiger partial charge on any atom is -0.480 e. The summed E-state index contributed by atoms with van der Waals surface area (Å²) in [5.41, 5.74) is 11.2. The van der Waals surface area contributed by atoms with Crippen LogP contribution < -0.4 is 11.5 Å². The molecule has 23 heavy (non-hydrogen) atoms. The van der Waals surface area contributed by atoms with Gasteiger partial charge in [0.05, 0.1) is 0 Å². The van der Waals surface area contributed by atoms with E-state index >= 15 is 0 Å². The first kappa shape index (κ1) is 22.4. The van der Waals surface area contributed by atoms with Crippen LogP contribution in [0.4, 0.5) is 0 Å². The van der Waals surface area contributed by atoms with E-state index in [1.807, 2.05) is 4.90 Å². The number of carboxylic acid groups (broad SMARTS) is 1. The highest BCUT2D eigenvalue weighted by Gasteiger charge is 2.23. The first-order valence-corrected chi connectivity index (χ1v) is 9.54. The zero-order chi connectivity index (χ0) is 17.3. The molecule has 0 rings (SSSR count). The Hall–Kier alpha value is -0.650. The molecule has 0 aliphatic heterocycles. The Morgan fingerprint density at radius 2 is 1.39 bits per heavy atom. The van der Waals surface area contributed by atoms with Crippen LogP contribution >= 0.6 is 0 Å². The number of carboxylic acids is 1. The van der Waals surface area contributed by atoms with E-state index in [4.69, 9.17) is 11.5 Å². The highest BCUT2D eigenvalue weighted by molar-refractivity contribution is 5.73. The number of carbonyl (C=O) groups is 1. The number of hydrogen-bond acceptors (Lipinski definition) is 4. The molecule has 138 valence electrons. The van der Waals surface area contributed by atoms with Crippen LogP contribution in [-0.2, 0) is 4.79 Å². The Kier molecular flexibility index (Phi) is 15.8. The number of hydrogen-bond donors (Lipinski definition) is 3. The SMILES string of the molecule is CCCCCCCCCCCCN(CCN)[C@@H](CCN)C(=O)O. The molecule has 0 heterocycles. The molecule has 5 nitrogen and oxygen atoms in total. The van der Waals surface area contributed by atoms with E-state index in [0.717, 1.165) is 13.0 Å². The van der Waals surface area contributed by atoms with Crippen molar-refractivity contribution >= 4 is 5.97 Å². The second kappa shape index (κ2) is 16.2. The van der Waals surface area contributed by atoms with Crippen LogP contribution in [0.3, 0.4) is 0 Å². The van der Waals surface area contributed by atoms with Crippen LogP contribution in [0.5, 0.6) is 0 Å². The number of aliphatic carboxylic acids is 1. The molecule has 0 aliphatic rings. The molecule has 5 heteroatoms. The minimum absolute atomic E-state index is 0.399. The van der Waals surface area contributed by atoms with Crippen LogP contribution in [0.15, 0.2) is 0 Å². The monoisotopic (exact) mass is 329 g/mol. The third-order valence-corrected chi connectivity index (χ3v) is 4.38. The molecule has 0 aromatic carbocycles. The lowest BCUT2D eigenvalue weighted by Gasteiger charge is -2.28. The van der Waals surface area contributed by atoms with Crippen molar-refractivity contribution in [3.8, 4) is 0 Å². The summed E-state index contributed by atoms with van der Waals surface area (Å²) >= 11 is 0. The molecule has 5 N–H and O–H groups in total. The fourth-order valence-corrected chi connectivity index (χ4v) is 3.01. The second-order valence-electron chi connectivity index (χ2n) is 6.44. The van der Waals surface area contributed by atoms with Gasteiger partial charge in [-0.3, -0.25) is 9.69 Å². The summed E-state index contributed by atoms with van der Waals surface area (Å²) < 4.78 is 0. The van der Waals surface area contributed by atoms with Gasteiger partial charge in [-0.25, -0.2) is 0 Å². The summed E-state index contributed by atoms with van der Waals surface area (Å²) in [4.78, 5) is 13.3. The lowest BCUT2D eigenvalue weighted by atomic mass is 10.1. The number of rotatable bonds is 17. The lowest BCUT2D eigenvalue weighted by Crippen LogP contribution is -2.45. The maximum absolute atomic E-state index is 11.3. The Morgan fingerprint density at radius 3 is 1.83 bits per heavy atom. The van der Waals surface area contributed by atoms with Crippen molar-refractivity contribution in [2.75, 3.05) is 26.2 Å². The summed E-state index contributed by atoms with van der Waals surface area (Å²) in [6, 6.07) is -0.484. The predicted octanol–water partition coefficient (Wildman–Crippen LogP) is 2.97. The van der Waals surface area contributed by atoms with E-state index in [1.54, 1.807) is 0 Å². The van der Waals surface area contributed by atoms with E-state index in [2.05, 4.69) is 6.92 Å². The molecule has 0 saturated heterocycles. The maximum Gasteiger partial charge on any atom is 0.320 e. The van der Waals surface area contributed by atoms with Gasteiger partial charge in [0.1, 0.15) is 6.04 Å². The summed E-state index contributed by atoms with van der Waals surface area (Å²) in [6.07, 6.45) is 13.4. The summed E-state index contributed by atoms with van der Waals surface area (Å²) in [6.45, 7) is 4.58. The fourth-order valence-electron chi connectivity index (χ4n) is 3.01. The Bertz CT molecular complexity index is 275. The normalized spacial score (nSPS) is 12.7. The van der Waals surface area contributed by atoms with Gasteiger partial charge in [-0.05, 0) is 25.9 Å². The largest absolute Gasteiger partial charge is 0.480 e. The van der Waals surface area contributed by atoms with E-state index in [-0.39, 0.29) is 0 Å². The van der Waals surface area contributed by atoms with Crippen molar-refractivity contribution in [1.29, 1.82) is 0 Å². The summed E-state index contributed by atoms with van der Waals surface area (Å²) in [5.74, 6) is -0.782. The molecule has 1 atom stereocenters. The predicted molar refractivity (Wildman–Crippen MR) is 97.6 cm³/mol. The second-order valence-corrected chi connectivity index (χ2v) is 6.44. The van der Waals surface area contributed by atoms with Crippen LogP contribution in [-0.4, -0.2) is 48.2 Å². The molecular weight excluding hydrogens is 290 g/mol. The molecule has 0 bridgehead atoms. The third-order valence-electron chi connectivity index (χ3n) is 4.38. The van der Waals surface area contributed by atoms with Crippen molar-refractivity contribution in [2.24, 2.45) is 11.5 Å². The first-order chi connectivity index (χ1) is 11.2. The smallest absolute Gasteiger partial charge is 0.320 e. The maximum atomic E-state index is 11.3. The molecule has 0 aromatic heterocycles.